The smallest absolute Gasteiger partial charge is 0.0476 e. The average Bonchev–Trinajstić information content (AvgIpc) is 2.78. The molecule has 0 saturated carbocycles. The first-order valence-electron chi connectivity index (χ1n) is 14.6. The summed E-state index contributed by atoms with van der Waals surface area (Å²) in [5, 5.41) is 23.1. The summed E-state index contributed by atoms with van der Waals surface area (Å²) in [6, 6.07) is 0. The van der Waals surface area contributed by atoms with E-state index < -0.39 is 17.4 Å². The number of aliphatic carboxylic acids is 2. The number of carbonyl (C=O) groups is 2. The number of unbranched alkanes of at least 4 members (excludes halogenated alkanes) is 2. The summed E-state index contributed by atoms with van der Waals surface area (Å²) in [7, 11) is 0. The molecule has 35 heavy (non-hydrogen) atoms. The molecule has 2 atom stereocenters. The van der Waals surface area contributed by atoms with Gasteiger partial charge in [-0.25, -0.2) is 0 Å². The van der Waals surface area contributed by atoms with Crippen LogP contribution < -0.4 is 10.2 Å². The van der Waals surface area contributed by atoms with Crippen LogP contribution in [0.5, 0.6) is 0 Å². The Labute approximate surface area is 229 Å². The first-order valence-corrected chi connectivity index (χ1v) is 18.6. The molecule has 0 aliphatic rings. The molecule has 0 bridgehead atoms. The number of hydrogen-bond acceptors (Lipinski definition) is 4. The topological polar surface area (TPSA) is 80.3 Å². The van der Waals surface area contributed by atoms with Gasteiger partial charge in [0.05, 0.1) is 0 Å². The van der Waals surface area contributed by atoms with Gasteiger partial charge in [-0.15, -0.1) is 0 Å². The van der Waals surface area contributed by atoms with Crippen molar-refractivity contribution < 1.29 is 19.8 Å². The predicted octanol–water partition coefficient (Wildman–Crippen LogP) is 6.70. The summed E-state index contributed by atoms with van der Waals surface area (Å²) in [5.41, 5.74) is -0.904. The van der Waals surface area contributed by atoms with E-state index in [1.165, 1.54) is 0 Å². The Balaban J connectivity index is 0. The van der Waals surface area contributed by atoms with E-state index >= 15 is 0 Å². The molecule has 0 N–H and O–H groups in total. The van der Waals surface area contributed by atoms with Gasteiger partial charge >= 0.3 is 69.5 Å². The molecule has 4 nitrogen and oxygen atoms in total. The van der Waals surface area contributed by atoms with Crippen molar-refractivity contribution in [2.45, 2.75) is 148 Å². The average molecular weight is 602 g/mol. The normalized spacial score (nSPS) is 14.6. The number of hydrogen-bond donors (Lipinski definition) is 0. The predicted molar refractivity (Wildman–Crippen MR) is 147 cm³/mol. The zero-order valence-electron chi connectivity index (χ0n) is 24.5. The fourth-order valence-electron chi connectivity index (χ4n) is 4.78. The van der Waals surface area contributed by atoms with Gasteiger partial charge in [-0.05, 0) is 43.9 Å². The van der Waals surface area contributed by atoms with Gasteiger partial charge in [-0.1, -0.05) is 79.1 Å². The summed E-state index contributed by atoms with van der Waals surface area (Å²) in [6.07, 6.45) is 10.3. The van der Waals surface area contributed by atoms with Crippen LogP contribution in [0.15, 0.2) is 0 Å². The molecule has 5 heteroatoms. The second kappa shape index (κ2) is 22.9. The monoisotopic (exact) mass is 602 g/mol. The number of rotatable bonds is 21. The van der Waals surface area contributed by atoms with E-state index in [1.807, 2.05) is 0 Å². The van der Waals surface area contributed by atoms with E-state index in [2.05, 4.69) is 55.4 Å². The van der Waals surface area contributed by atoms with Gasteiger partial charge in [0.25, 0.3) is 0 Å². The minimum atomic E-state index is -1.10. The molecular formula is C30H58O4Sn. The zero-order valence-corrected chi connectivity index (χ0v) is 27.4. The van der Waals surface area contributed by atoms with Crippen LogP contribution in [-0.4, -0.2) is 33.1 Å². The van der Waals surface area contributed by atoms with E-state index in [0.717, 1.165) is 63.2 Å². The van der Waals surface area contributed by atoms with Gasteiger partial charge < -0.3 is 19.8 Å². The maximum atomic E-state index is 12.3. The second-order valence-electron chi connectivity index (χ2n) is 11.5. The van der Waals surface area contributed by atoms with Crippen molar-refractivity contribution in [1.82, 2.24) is 0 Å². The largest absolute Gasteiger partial charge is 0.550 e. The molecule has 2 unspecified atom stereocenters. The maximum absolute atomic E-state index is 12.3. The van der Waals surface area contributed by atoms with Crippen molar-refractivity contribution in [2.24, 2.45) is 29.1 Å². The fraction of sp³-hybridized carbons (Fsp3) is 0.933. The molecule has 0 radical (unpaired) electrons. The Morgan fingerprint density at radius 1 is 0.743 bits per heavy atom. The zero-order chi connectivity index (χ0) is 27.3. The molecule has 0 aromatic heterocycles. The van der Waals surface area contributed by atoms with Crippen LogP contribution in [0.25, 0.3) is 0 Å². The van der Waals surface area contributed by atoms with Gasteiger partial charge in [0.1, 0.15) is 0 Å². The molecular weight excluding hydrogens is 543 g/mol. The van der Waals surface area contributed by atoms with Crippen molar-refractivity contribution in [2.75, 3.05) is 0 Å². The van der Waals surface area contributed by atoms with Crippen LogP contribution in [0.3, 0.4) is 0 Å². The van der Waals surface area contributed by atoms with Crippen LogP contribution in [0, 0.1) is 29.1 Å². The van der Waals surface area contributed by atoms with E-state index in [9.17, 15) is 19.8 Å². The molecule has 0 heterocycles. The summed E-state index contributed by atoms with van der Waals surface area (Å²) < 4.78 is 3.14. The van der Waals surface area contributed by atoms with Crippen LogP contribution in [0.2, 0.25) is 8.87 Å². The molecule has 0 fully saturated rings. The van der Waals surface area contributed by atoms with Crippen molar-refractivity contribution >= 4 is 33.1 Å². The van der Waals surface area contributed by atoms with Crippen LogP contribution in [0.4, 0.5) is 0 Å². The molecule has 0 aromatic rings. The molecule has 0 aliphatic heterocycles. The van der Waals surface area contributed by atoms with Crippen LogP contribution in [0.1, 0.15) is 139 Å². The molecule has 0 aliphatic carbocycles. The third kappa shape index (κ3) is 20.5. The maximum Gasteiger partial charge on any atom is 0.0476 e. The third-order valence-corrected chi connectivity index (χ3v) is 13.3. The van der Waals surface area contributed by atoms with Crippen LogP contribution >= 0.6 is 0 Å². The Morgan fingerprint density at radius 3 is 1.46 bits per heavy atom. The number of carboxylic acids is 2. The second-order valence-corrected chi connectivity index (χ2v) is 15.2. The summed E-state index contributed by atoms with van der Waals surface area (Å²) in [5.74, 6) is 0.568. The Bertz CT molecular complexity index is 492. The Morgan fingerprint density at radius 2 is 1.17 bits per heavy atom. The standard InChI is InChI=1S/C22H42O4.2C4H9.Sn/c1-5-9-12-18(7-3)16-22(21(25)26,15-11-14-20(23)24)17-19(8-4)13-10-6-2;2*1-4(2)3;/h18-19H,5-17H2,1-4H3,(H,23,24)(H,25,26);2*4H,1H2,2-3H3;/q;;;+2/p-2. The van der Waals surface area contributed by atoms with Crippen molar-refractivity contribution in [3.63, 3.8) is 0 Å². The Hall–Kier alpha value is -0.261. The Kier molecular flexibility index (Phi) is 24.1. The molecule has 0 spiro atoms. The molecule has 206 valence electrons. The van der Waals surface area contributed by atoms with E-state index in [4.69, 9.17) is 0 Å². The minimum absolute atomic E-state index is 0.0709. The van der Waals surface area contributed by atoms with Gasteiger partial charge in [0.15, 0.2) is 0 Å². The molecule has 0 rings (SSSR count). The molecule has 0 saturated heterocycles. The third-order valence-electron chi connectivity index (χ3n) is 7.02. The van der Waals surface area contributed by atoms with Crippen molar-refractivity contribution in [3.8, 4) is 0 Å². The van der Waals surface area contributed by atoms with E-state index in [-0.39, 0.29) is 27.6 Å². The van der Waals surface area contributed by atoms with E-state index in [1.54, 1.807) is 8.87 Å². The SMILES string of the molecule is CC(C)[CH2][Sn+2][CH2]C(C)C.CCCCC(CC)CC(CCCC(=O)[O-])(CC(CC)CCCC)C(=O)[O-]. The van der Waals surface area contributed by atoms with Gasteiger partial charge in [0, 0.05) is 17.4 Å². The minimum Gasteiger partial charge on any atom is -0.550 e. The fourth-order valence-corrected chi connectivity index (χ4v) is 8.55. The van der Waals surface area contributed by atoms with Crippen LogP contribution in [-0.2, 0) is 9.59 Å². The summed E-state index contributed by atoms with van der Waals surface area (Å²) in [4.78, 5) is 23.1. The van der Waals surface area contributed by atoms with Crippen molar-refractivity contribution in [1.29, 1.82) is 0 Å². The first kappa shape index (κ1) is 36.9. The molecule has 0 aromatic carbocycles. The number of carbonyl (C=O) groups excluding carboxylic acids is 2. The van der Waals surface area contributed by atoms with Gasteiger partial charge in [-0.2, -0.15) is 0 Å². The van der Waals surface area contributed by atoms with E-state index in [0.29, 0.717) is 37.5 Å². The number of carboxylic acid groups (broad SMARTS) is 2. The van der Waals surface area contributed by atoms with Gasteiger partial charge in [0.2, 0.25) is 0 Å². The summed E-state index contributed by atoms with van der Waals surface area (Å²) >= 11 is 0.0709. The summed E-state index contributed by atoms with van der Waals surface area (Å²) in [6.45, 7) is 17.9. The quantitative estimate of drug-likeness (QED) is 0.137. The van der Waals surface area contributed by atoms with Gasteiger partial charge in [-0.3, -0.25) is 0 Å². The molecule has 0 amide bonds. The van der Waals surface area contributed by atoms with Crippen molar-refractivity contribution in [3.05, 3.63) is 0 Å². The first-order chi connectivity index (χ1) is 16.5.